The third-order valence-electron chi connectivity index (χ3n) is 3.43. The van der Waals surface area contributed by atoms with Gasteiger partial charge in [-0.1, -0.05) is 0 Å². The van der Waals surface area contributed by atoms with E-state index in [1.54, 1.807) is 0 Å². The van der Waals surface area contributed by atoms with Crippen LogP contribution in [0.2, 0.25) is 0 Å². The summed E-state index contributed by atoms with van der Waals surface area (Å²) in [6.45, 7) is -0.459. The first kappa shape index (κ1) is 22.3. The van der Waals surface area contributed by atoms with Crippen molar-refractivity contribution < 1.29 is 50.8 Å². The van der Waals surface area contributed by atoms with Gasteiger partial charge < -0.3 is 25.3 Å². The lowest BCUT2D eigenvalue weighted by molar-refractivity contribution is 0.0941. The highest BCUT2D eigenvalue weighted by atomic mass is 31.3. The lowest BCUT2D eigenvalue weighted by atomic mass is 9.81. The van der Waals surface area contributed by atoms with Crippen molar-refractivity contribution in [1.82, 2.24) is 9.55 Å². The Morgan fingerprint density at radius 2 is 1.78 bits per heavy atom. The number of anilines is 1. The molecule has 0 bridgehead atoms. The van der Waals surface area contributed by atoms with Gasteiger partial charge in [0.2, 0.25) is 0 Å². The zero-order chi connectivity index (χ0) is 20.6. The molecule has 1 fully saturated rings. The van der Waals surface area contributed by atoms with Gasteiger partial charge in [0.05, 0.1) is 6.61 Å². The smallest absolute Gasteiger partial charge is 0.381 e. The minimum absolute atomic E-state index is 0.223. The molecule has 1 aromatic heterocycles. The quantitative estimate of drug-likeness (QED) is 0.334. The van der Waals surface area contributed by atoms with Gasteiger partial charge in [-0.25, -0.2) is 22.9 Å². The molecule has 0 radical (unpaired) electrons. The molecule has 1 saturated carbocycles. The summed E-state index contributed by atoms with van der Waals surface area (Å²) >= 11 is 0. The third kappa shape index (κ3) is 6.54. The summed E-state index contributed by atoms with van der Waals surface area (Å²) < 4.78 is 59.2. The van der Waals surface area contributed by atoms with Crippen LogP contribution < -0.4 is 11.4 Å². The molecular formula is C9H15FN3O11P3. The number of hydrogen-bond acceptors (Lipinski definition) is 9. The maximum atomic E-state index is 13.4. The highest BCUT2D eigenvalue weighted by molar-refractivity contribution is 7.66. The number of halogens is 1. The van der Waals surface area contributed by atoms with Crippen LogP contribution in [0.25, 0.3) is 0 Å². The van der Waals surface area contributed by atoms with E-state index in [1.807, 2.05) is 0 Å². The SMILES string of the molecule is Nc1nc(=O)n(C2CC(COP(=O)(O)OP(=O)(O)OP(=O)(O)O)C2)cc1F. The van der Waals surface area contributed by atoms with Crippen molar-refractivity contribution in [2.45, 2.75) is 18.9 Å². The second kappa shape index (κ2) is 7.80. The second-order valence-corrected chi connectivity index (χ2v) is 9.96. The molecule has 18 heteroatoms. The Balaban J connectivity index is 1.88. The van der Waals surface area contributed by atoms with Gasteiger partial charge >= 0.3 is 29.2 Å². The van der Waals surface area contributed by atoms with E-state index in [1.165, 1.54) is 0 Å². The summed E-state index contributed by atoms with van der Waals surface area (Å²) in [4.78, 5) is 50.1. The Morgan fingerprint density at radius 1 is 1.19 bits per heavy atom. The van der Waals surface area contributed by atoms with E-state index >= 15 is 0 Å². The molecule has 1 aliphatic rings. The molecule has 1 aliphatic carbocycles. The standard InChI is InChI=1S/C9H15FN3O11P3/c10-7-3-13(9(14)12-8(7)11)6-1-5(2-6)4-22-26(18,19)24-27(20,21)23-25(15,16)17/h3,5-6H,1-2,4H2,(H,18,19)(H,20,21)(H2,11,12,14)(H2,15,16,17). The topological polar surface area (TPSA) is 221 Å². The van der Waals surface area contributed by atoms with Gasteiger partial charge in [0.25, 0.3) is 0 Å². The average Bonchev–Trinajstić information content (AvgIpc) is 2.37. The molecule has 154 valence electrons. The second-order valence-electron chi connectivity index (χ2n) is 5.54. The fourth-order valence-electron chi connectivity index (χ4n) is 2.29. The van der Waals surface area contributed by atoms with E-state index in [9.17, 15) is 27.8 Å². The summed E-state index contributed by atoms with van der Waals surface area (Å²) in [7, 11) is -16.2. The number of phosphoric ester groups is 1. The molecule has 0 amide bonds. The fraction of sp³-hybridized carbons (Fsp3) is 0.556. The molecule has 2 rings (SSSR count). The van der Waals surface area contributed by atoms with Crippen LogP contribution in [0.5, 0.6) is 0 Å². The van der Waals surface area contributed by atoms with Gasteiger partial charge in [0.1, 0.15) is 0 Å². The minimum atomic E-state index is -5.57. The summed E-state index contributed by atoms with van der Waals surface area (Å²) in [5, 5.41) is 0. The molecule has 0 spiro atoms. The van der Waals surface area contributed by atoms with Gasteiger partial charge in [-0.05, 0) is 18.8 Å². The largest absolute Gasteiger partial charge is 0.490 e. The van der Waals surface area contributed by atoms with E-state index in [0.717, 1.165) is 10.8 Å². The van der Waals surface area contributed by atoms with E-state index in [2.05, 4.69) is 18.1 Å². The number of hydrogen-bond donors (Lipinski definition) is 5. The van der Waals surface area contributed by atoms with E-state index in [4.69, 9.17) is 20.4 Å². The van der Waals surface area contributed by atoms with Gasteiger partial charge in [0, 0.05) is 12.2 Å². The molecule has 1 aromatic rings. The maximum Gasteiger partial charge on any atom is 0.490 e. The number of aromatic nitrogens is 2. The molecule has 2 unspecified atom stereocenters. The number of rotatable bonds is 8. The molecule has 0 aromatic carbocycles. The zero-order valence-corrected chi connectivity index (χ0v) is 15.9. The van der Waals surface area contributed by atoms with Crippen molar-refractivity contribution >= 4 is 29.3 Å². The van der Waals surface area contributed by atoms with Gasteiger partial charge in [-0.15, -0.1) is 0 Å². The minimum Gasteiger partial charge on any atom is -0.381 e. The fourth-order valence-corrected chi connectivity index (χ4v) is 5.38. The highest BCUT2D eigenvalue weighted by Gasteiger charge is 2.42. The van der Waals surface area contributed by atoms with Crippen LogP contribution in [-0.2, 0) is 26.8 Å². The van der Waals surface area contributed by atoms with Crippen LogP contribution in [0.15, 0.2) is 11.0 Å². The summed E-state index contributed by atoms with van der Waals surface area (Å²) in [6, 6.07) is -0.463. The van der Waals surface area contributed by atoms with Gasteiger partial charge in [-0.2, -0.15) is 13.6 Å². The number of nitrogen functional groups attached to an aromatic ring is 1. The first-order valence-electron chi connectivity index (χ1n) is 7.00. The molecular weight excluding hydrogens is 438 g/mol. The van der Waals surface area contributed by atoms with E-state index in [-0.39, 0.29) is 12.8 Å². The summed E-state index contributed by atoms with van der Waals surface area (Å²) in [6.07, 6.45) is 1.33. The zero-order valence-electron chi connectivity index (χ0n) is 13.2. The van der Waals surface area contributed by atoms with Crippen molar-refractivity contribution in [3.8, 4) is 0 Å². The molecule has 0 saturated heterocycles. The van der Waals surface area contributed by atoms with Crippen molar-refractivity contribution in [2.75, 3.05) is 12.3 Å². The maximum absolute atomic E-state index is 13.4. The Labute approximate surface area is 150 Å². The van der Waals surface area contributed by atoms with E-state index < -0.39 is 59.4 Å². The first-order chi connectivity index (χ1) is 12.2. The monoisotopic (exact) mass is 453 g/mol. The van der Waals surface area contributed by atoms with E-state index in [0.29, 0.717) is 0 Å². The lowest BCUT2D eigenvalue weighted by Crippen LogP contribution is -2.37. The van der Waals surface area contributed by atoms with Gasteiger partial charge in [-0.3, -0.25) is 9.09 Å². The summed E-state index contributed by atoms with van der Waals surface area (Å²) in [5.74, 6) is -1.82. The van der Waals surface area contributed by atoms with Crippen LogP contribution >= 0.6 is 23.5 Å². The normalized spacial score (nSPS) is 24.6. The molecule has 27 heavy (non-hydrogen) atoms. The predicted octanol–water partition coefficient (Wildman–Crippen LogP) is 0.259. The number of nitrogens with zero attached hydrogens (tertiary/aromatic N) is 2. The van der Waals surface area contributed by atoms with Crippen molar-refractivity contribution in [1.29, 1.82) is 0 Å². The molecule has 1 heterocycles. The van der Waals surface area contributed by atoms with Crippen molar-refractivity contribution in [3.63, 3.8) is 0 Å². The van der Waals surface area contributed by atoms with Crippen LogP contribution in [0, 0.1) is 11.7 Å². The number of phosphoric acid groups is 3. The highest BCUT2D eigenvalue weighted by Crippen LogP contribution is 2.66. The Morgan fingerprint density at radius 3 is 2.33 bits per heavy atom. The van der Waals surface area contributed by atoms with Gasteiger partial charge in [0.15, 0.2) is 11.6 Å². The Kier molecular flexibility index (Phi) is 6.45. The predicted molar refractivity (Wildman–Crippen MR) is 84.4 cm³/mol. The molecule has 2 atom stereocenters. The average molecular weight is 453 g/mol. The summed E-state index contributed by atoms with van der Waals surface area (Å²) in [5.41, 5.74) is 4.39. The van der Waals surface area contributed by atoms with Crippen molar-refractivity contribution in [3.05, 3.63) is 22.5 Å². The Hall–Kier alpha value is -0.980. The molecule has 6 N–H and O–H groups in total. The third-order valence-corrected chi connectivity index (χ3v) is 7.23. The molecule has 14 nitrogen and oxygen atoms in total. The van der Waals surface area contributed by atoms with Crippen molar-refractivity contribution in [2.24, 2.45) is 5.92 Å². The lowest BCUT2D eigenvalue weighted by Gasteiger charge is -2.36. The van der Waals surface area contributed by atoms with Crippen LogP contribution in [0.4, 0.5) is 10.2 Å². The number of nitrogens with two attached hydrogens (primary N) is 1. The van der Waals surface area contributed by atoms with Crippen LogP contribution in [0.1, 0.15) is 18.9 Å². The van der Waals surface area contributed by atoms with Crippen LogP contribution in [0.3, 0.4) is 0 Å². The Bertz CT molecular complexity index is 910. The van der Waals surface area contributed by atoms with Crippen LogP contribution in [-0.4, -0.2) is 35.7 Å². The molecule has 0 aliphatic heterocycles. The first-order valence-corrected chi connectivity index (χ1v) is 11.5.